The molecule has 3 nitrogen and oxygen atoms in total. The Morgan fingerprint density at radius 3 is 2.18 bits per heavy atom. The Labute approximate surface area is 328 Å². The summed E-state index contributed by atoms with van der Waals surface area (Å²) in [7, 11) is 0. The van der Waals surface area contributed by atoms with Gasteiger partial charge in [-0.15, -0.1) is 11.3 Å². The Kier molecular flexibility index (Phi) is 5.93. The van der Waals surface area contributed by atoms with Gasteiger partial charge in [-0.25, -0.2) is 0 Å². The van der Waals surface area contributed by atoms with Crippen molar-refractivity contribution in [2.24, 2.45) is 0 Å². The van der Waals surface area contributed by atoms with E-state index in [2.05, 4.69) is 187 Å². The summed E-state index contributed by atoms with van der Waals surface area (Å²) < 4.78 is 9.47. The molecule has 8 aromatic carbocycles. The molecular weight excluding hydrogens is 699 g/mol. The maximum atomic E-state index is 6.85. The van der Waals surface area contributed by atoms with Crippen molar-refractivity contribution in [1.29, 1.82) is 0 Å². The number of furan rings is 1. The molecule has 0 saturated carbocycles. The lowest BCUT2D eigenvalue weighted by Crippen LogP contribution is -2.62. The number of hydrogen-bond donors (Lipinski definition) is 0. The number of nitrogens with zero attached hydrogens (tertiary/aromatic N) is 2. The Bertz CT molecular complexity index is 3320. The zero-order valence-corrected chi connectivity index (χ0v) is 31.7. The molecule has 13 rings (SSSR count). The molecule has 0 amide bonds. The highest BCUT2D eigenvalue weighted by Gasteiger charge is 2.50. The Morgan fingerprint density at radius 2 is 1.27 bits per heavy atom. The molecule has 10 aromatic rings. The van der Waals surface area contributed by atoms with E-state index in [0.717, 1.165) is 16.6 Å². The molecule has 0 unspecified atom stereocenters. The molecule has 2 aromatic heterocycles. The molecule has 0 atom stereocenters. The van der Waals surface area contributed by atoms with Gasteiger partial charge < -0.3 is 14.1 Å². The van der Waals surface area contributed by atoms with Crippen molar-refractivity contribution < 1.29 is 4.42 Å². The lowest BCUT2D eigenvalue weighted by atomic mass is 9.42. The fourth-order valence-corrected chi connectivity index (χ4v) is 11.6. The smallest absolute Gasteiger partial charge is 0.333 e. The maximum absolute atomic E-state index is 6.85. The topological polar surface area (TPSA) is 19.6 Å². The van der Waals surface area contributed by atoms with Crippen molar-refractivity contribution in [3.63, 3.8) is 0 Å². The van der Waals surface area contributed by atoms with E-state index < -0.39 is 0 Å². The standard InChI is InChI=1S/C51H33BN2OS/c1-51(2)37-19-8-9-22-40(37)53-48-38(51)20-13-21-39(48)52-47-36(29-44-46(49(47)53)35-17-6-10-24-43(35)55-44)32-27-26-31(30-14-4-3-5-15-30)28-42(32)54(52)41-23-12-18-34-33-16-7-11-25-45(33)56-50(34)41/h3-29H,1-2H3. The fraction of sp³-hybridized carbons (Fsp3) is 0.0588. The van der Waals surface area contributed by atoms with E-state index in [0.29, 0.717) is 0 Å². The number of hydrogen-bond acceptors (Lipinski definition) is 4. The van der Waals surface area contributed by atoms with Crippen LogP contribution < -0.4 is 20.6 Å². The average Bonchev–Trinajstić information content (AvgIpc) is 3.82. The molecule has 262 valence electrons. The second-order valence-electron chi connectivity index (χ2n) is 16.0. The highest BCUT2D eigenvalue weighted by molar-refractivity contribution is 7.26. The highest BCUT2D eigenvalue weighted by Crippen LogP contribution is 2.57. The second kappa shape index (κ2) is 10.8. The molecule has 5 heteroatoms. The second-order valence-corrected chi connectivity index (χ2v) is 17.1. The van der Waals surface area contributed by atoms with Gasteiger partial charge in [-0.05, 0) is 75.1 Å². The Morgan fingerprint density at radius 1 is 0.536 bits per heavy atom. The van der Waals surface area contributed by atoms with E-state index in [9.17, 15) is 0 Å². The molecule has 0 bridgehead atoms. The van der Waals surface area contributed by atoms with E-state index in [1.54, 1.807) is 0 Å². The van der Waals surface area contributed by atoms with E-state index >= 15 is 0 Å². The molecule has 0 spiro atoms. The molecule has 3 aliphatic rings. The molecule has 0 saturated heterocycles. The van der Waals surface area contributed by atoms with Gasteiger partial charge in [0.05, 0.1) is 21.5 Å². The van der Waals surface area contributed by atoms with Crippen LogP contribution in [0.25, 0.3) is 64.4 Å². The van der Waals surface area contributed by atoms with Crippen LogP contribution in [0.15, 0.2) is 168 Å². The van der Waals surface area contributed by atoms with Crippen molar-refractivity contribution in [2.75, 3.05) is 9.71 Å². The summed E-state index contributed by atoms with van der Waals surface area (Å²) in [5.41, 5.74) is 18.0. The van der Waals surface area contributed by atoms with Crippen molar-refractivity contribution in [2.45, 2.75) is 19.3 Å². The zero-order chi connectivity index (χ0) is 36.9. The Balaban J connectivity index is 1.24. The summed E-state index contributed by atoms with van der Waals surface area (Å²) in [6.07, 6.45) is 0. The van der Waals surface area contributed by atoms with Gasteiger partial charge in [0.25, 0.3) is 0 Å². The average molecular weight is 733 g/mol. The van der Waals surface area contributed by atoms with Gasteiger partial charge in [-0.1, -0.05) is 141 Å². The first-order valence-corrected chi connectivity index (χ1v) is 20.3. The third-order valence-corrected chi connectivity index (χ3v) is 14.0. The van der Waals surface area contributed by atoms with Crippen LogP contribution in [-0.2, 0) is 5.41 Å². The largest absolute Gasteiger partial charge is 0.456 e. The molecule has 3 aliphatic heterocycles. The lowest BCUT2D eigenvalue weighted by molar-refractivity contribution is 0.632. The zero-order valence-electron chi connectivity index (χ0n) is 30.9. The van der Waals surface area contributed by atoms with Crippen molar-refractivity contribution in [3.8, 4) is 22.3 Å². The molecule has 56 heavy (non-hydrogen) atoms. The maximum Gasteiger partial charge on any atom is 0.333 e. The molecule has 0 fully saturated rings. The molecule has 0 N–H and O–H groups in total. The van der Waals surface area contributed by atoms with E-state index in [-0.39, 0.29) is 12.3 Å². The first-order chi connectivity index (χ1) is 27.6. The summed E-state index contributed by atoms with van der Waals surface area (Å²) in [4.78, 5) is 5.30. The van der Waals surface area contributed by atoms with Crippen LogP contribution >= 0.6 is 11.3 Å². The quantitative estimate of drug-likeness (QED) is 0.165. The van der Waals surface area contributed by atoms with E-state index in [4.69, 9.17) is 4.42 Å². The number of fused-ring (bicyclic) bond motifs is 13. The third-order valence-electron chi connectivity index (χ3n) is 12.8. The predicted molar refractivity (Wildman–Crippen MR) is 238 cm³/mol. The van der Waals surface area contributed by atoms with Gasteiger partial charge in [-0.3, -0.25) is 0 Å². The van der Waals surface area contributed by atoms with Gasteiger partial charge in [0, 0.05) is 48.9 Å². The van der Waals surface area contributed by atoms with Crippen LogP contribution in [0.2, 0.25) is 0 Å². The number of benzene rings is 8. The van der Waals surface area contributed by atoms with Gasteiger partial charge in [0.15, 0.2) is 0 Å². The van der Waals surface area contributed by atoms with Crippen LogP contribution in [0.1, 0.15) is 25.0 Å². The van der Waals surface area contributed by atoms with E-state index in [1.807, 2.05) is 11.3 Å². The normalized spacial score (nSPS) is 14.6. The minimum Gasteiger partial charge on any atom is -0.456 e. The molecule has 0 aliphatic carbocycles. The number of anilines is 5. The third kappa shape index (κ3) is 3.83. The minimum atomic E-state index is -0.214. The summed E-state index contributed by atoms with van der Waals surface area (Å²) >= 11 is 1.90. The minimum absolute atomic E-state index is 0.111. The Hall–Kier alpha value is -6.56. The lowest BCUT2D eigenvalue weighted by Gasteiger charge is -2.50. The van der Waals surface area contributed by atoms with Gasteiger partial charge in [0.2, 0.25) is 0 Å². The number of thiophene rings is 1. The predicted octanol–water partition coefficient (Wildman–Crippen LogP) is 13.0. The van der Waals surface area contributed by atoms with Crippen LogP contribution in [0.4, 0.5) is 28.4 Å². The number of para-hydroxylation sites is 3. The van der Waals surface area contributed by atoms with Crippen molar-refractivity contribution in [1.82, 2.24) is 0 Å². The van der Waals surface area contributed by atoms with Crippen molar-refractivity contribution in [3.05, 3.63) is 175 Å². The van der Waals surface area contributed by atoms with Gasteiger partial charge in [0.1, 0.15) is 11.2 Å². The molecule has 5 heterocycles. The van der Waals surface area contributed by atoms with Crippen LogP contribution in [-0.4, -0.2) is 6.85 Å². The summed E-state index contributed by atoms with van der Waals surface area (Å²) in [6, 6.07) is 60.7. The van der Waals surface area contributed by atoms with Crippen LogP contribution in [0.5, 0.6) is 0 Å². The highest BCUT2D eigenvalue weighted by atomic mass is 32.1. The van der Waals surface area contributed by atoms with Gasteiger partial charge >= 0.3 is 6.85 Å². The van der Waals surface area contributed by atoms with Gasteiger partial charge in [-0.2, -0.15) is 0 Å². The fourth-order valence-electron chi connectivity index (χ4n) is 10.4. The number of rotatable bonds is 2. The van der Waals surface area contributed by atoms with Crippen LogP contribution in [0, 0.1) is 0 Å². The SMILES string of the molecule is CC1(C)c2ccccc2N2c3c(cccc31)B1c3c(cc4oc5ccccc5c4c32)-c2ccc(-c3ccccc3)cc2N1c1cccc2c1sc1ccccc12. The summed E-state index contributed by atoms with van der Waals surface area (Å²) in [6.45, 7) is 4.68. The summed E-state index contributed by atoms with van der Waals surface area (Å²) in [5.74, 6) is 0. The monoisotopic (exact) mass is 732 g/mol. The summed E-state index contributed by atoms with van der Waals surface area (Å²) in [5, 5.41) is 4.92. The van der Waals surface area contributed by atoms with Crippen LogP contribution in [0.3, 0.4) is 0 Å². The molecule has 0 radical (unpaired) electrons. The molecular formula is C51H33BN2OS. The first-order valence-electron chi connectivity index (χ1n) is 19.5. The van der Waals surface area contributed by atoms with Crippen molar-refractivity contribution >= 4 is 99.7 Å². The van der Waals surface area contributed by atoms with E-state index in [1.165, 1.54) is 98.3 Å². The first kappa shape index (κ1) is 30.7.